The van der Waals surface area contributed by atoms with Crippen LogP contribution in [0.2, 0.25) is 0 Å². The molecule has 1 heterocycles. The molecule has 5 heteroatoms. The molecule has 1 amide bonds. The first kappa shape index (κ1) is 14.7. The number of aromatic nitrogens is 1. The molecule has 0 bridgehead atoms. The summed E-state index contributed by atoms with van der Waals surface area (Å²) in [5.41, 5.74) is 2.12. The van der Waals surface area contributed by atoms with Crippen molar-refractivity contribution in [2.45, 2.75) is 12.8 Å². The fourth-order valence-corrected chi connectivity index (χ4v) is 1.83. The summed E-state index contributed by atoms with van der Waals surface area (Å²) in [6, 6.07) is 10.4. The number of carbonyl (C=O) groups is 2. The Morgan fingerprint density at radius 3 is 2.57 bits per heavy atom. The molecule has 0 aliphatic rings. The minimum absolute atomic E-state index is 0.0790. The van der Waals surface area contributed by atoms with Gasteiger partial charge in [-0.15, -0.1) is 0 Å². The highest BCUT2D eigenvalue weighted by atomic mass is 16.5. The molecule has 0 unspecified atom stereocenters. The first-order valence-corrected chi connectivity index (χ1v) is 6.56. The number of anilines is 1. The molecule has 1 aromatic carbocycles. The zero-order valence-electron chi connectivity index (χ0n) is 11.7. The molecule has 0 saturated heterocycles. The molecule has 0 aliphatic heterocycles. The second-order valence-electron chi connectivity index (χ2n) is 4.48. The van der Waals surface area contributed by atoms with Gasteiger partial charge in [0.25, 0.3) is 0 Å². The van der Waals surface area contributed by atoms with E-state index >= 15 is 0 Å². The van der Waals surface area contributed by atoms with Crippen molar-refractivity contribution in [3.8, 4) is 0 Å². The van der Waals surface area contributed by atoms with Crippen molar-refractivity contribution in [2.24, 2.45) is 0 Å². The van der Waals surface area contributed by atoms with E-state index < -0.39 is 5.97 Å². The summed E-state index contributed by atoms with van der Waals surface area (Å²) in [5.74, 6) is -0.478. The molecule has 0 saturated carbocycles. The molecule has 108 valence electrons. The molecule has 0 spiro atoms. The van der Waals surface area contributed by atoms with Gasteiger partial charge in [-0.3, -0.25) is 9.78 Å². The van der Waals surface area contributed by atoms with Crippen LogP contribution in [0.4, 0.5) is 5.69 Å². The van der Waals surface area contributed by atoms with Gasteiger partial charge in [0.05, 0.1) is 12.7 Å². The topological polar surface area (TPSA) is 68.3 Å². The van der Waals surface area contributed by atoms with Gasteiger partial charge in [0.2, 0.25) is 5.91 Å². The first-order chi connectivity index (χ1) is 10.2. The summed E-state index contributed by atoms with van der Waals surface area (Å²) in [6.45, 7) is 0. The van der Waals surface area contributed by atoms with Gasteiger partial charge in [0, 0.05) is 24.5 Å². The zero-order valence-corrected chi connectivity index (χ0v) is 11.7. The number of nitrogens with zero attached hydrogens (tertiary/aromatic N) is 1. The highest BCUT2D eigenvalue weighted by molar-refractivity contribution is 5.93. The van der Waals surface area contributed by atoms with Crippen molar-refractivity contribution in [2.75, 3.05) is 12.4 Å². The fraction of sp³-hybridized carbons (Fsp3) is 0.188. The maximum Gasteiger partial charge on any atom is 0.337 e. The standard InChI is InChI=1S/C16H16N2O3/c1-21-16(20)13-5-7-14(8-6-13)18-15(19)9-4-12-3-2-10-17-11-12/h2-3,5-8,10-11H,4,9H2,1H3,(H,18,19). The Labute approximate surface area is 123 Å². The van der Waals surface area contributed by atoms with E-state index in [0.717, 1.165) is 5.56 Å². The van der Waals surface area contributed by atoms with E-state index in [-0.39, 0.29) is 5.91 Å². The molecule has 5 nitrogen and oxygen atoms in total. The van der Waals surface area contributed by atoms with Crippen molar-refractivity contribution in [1.29, 1.82) is 0 Å². The van der Waals surface area contributed by atoms with Crippen LogP contribution < -0.4 is 5.32 Å². The fourth-order valence-electron chi connectivity index (χ4n) is 1.83. The Morgan fingerprint density at radius 2 is 1.95 bits per heavy atom. The maximum atomic E-state index is 11.8. The normalized spacial score (nSPS) is 9.95. The van der Waals surface area contributed by atoms with E-state index in [4.69, 9.17) is 0 Å². The molecule has 0 fully saturated rings. The Kier molecular flexibility index (Phi) is 5.04. The lowest BCUT2D eigenvalue weighted by Gasteiger charge is -2.06. The van der Waals surface area contributed by atoms with Gasteiger partial charge in [-0.05, 0) is 42.3 Å². The molecule has 1 aromatic heterocycles. The predicted molar refractivity (Wildman–Crippen MR) is 79.0 cm³/mol. The van der Waals surface area contributed by atoms with Crippen LogP contribution in [-0.4, -0.2) is 24.0 Å². The Balaban J connectivity index is 1.86. The lowest BCUT2D eigenvalue weighted by Crippen LogP contribution is -2.12. The lowest BCUT2D eigenvalue weighted by molar-refractivity contribution is -0.116. The number of amides is 1. The number of nitrogens with one attached hydrogen (secondary N) is 1. The third-order valence-corrected chi connectivity index (χ3v) is 2.95. The molecule has 0 radical (unpaired) electrons. The van der Waals surface area contributed by atoms with E-state index in [2.05, 4.69) is 15.0 Å². The molecule has 0 aliphatic carbocycles. The minimum atomic E-state index is -0.399. The summed E-state index contributed by atoms with van der Waals surface area (Å²) >= 11 is 0. The molecule has 0 atom stereocenters. The lowest BCUT2D eigenvalue weighted by atomic mass is 10.1. The summed E-state index contributed by atoms with van der Waals surface area (Å²) in [6.07, 6.45) is 4.47. The van der Waals surface area contributed by atoms with Gasteiger partial charge in [-0.25, -0.2) is 4.79 Å². The quantitative estimate of drug-likeness (QED) is 0.856. The van der Waals surface area contributed by atoms with Gasteiger partial charge in [0.1, 0.15) is 0 Å². The summed E-state index contributed by atoms with van der Waals surface area (Å²) in [4.78, 5) is 27.1. The number of hydrogen-bond donors (Lipinski definition) is 1. The number of ether oxygens (including phenoxy) is 1. The molecular weight excluding hydrogens is 268 g/mol. The van der Waals surface area contributed by atoms with Crippen molar-refractivity contribution < 1.29 is 14.3 Å². The van der Waals surface area contributed by atoms with Crippen LogP contribution in [0.5, 0.6) is 0 Å². The number of benzene rings is 1. The molecule has 1 N–H and O–H groups in total. The van der Waals surface area contributed by atoms with Crippen molar-refractivity contribution in [3.05, 3.63) is 59.9 Å². The van der Waals surface area contributed by atoms with Crippen LogP contribution in [-0.2, 0) is 16.0 Å². The summed E-state index contributed by atoms with van der Waals surface area (Å²) < 4.78 is 4.61. The smallest absolute Gasteiger partial charge is 0.337 e. The van der Waals surface area contributed by atoms with Crippen molar-refractivity contribution in [3.63, 3.8) is 0 Å². The monoisotopic (exact) mass is 284 g/mol. The van der Waals surface area contributed by atoms with Crippen LogP contribution in [0.15, 0.2) is 48.8 Å². The predicted octanol–water partition coefficient (Wildman–Crippen LogP) is 2.44. The Hall–Kier alpha value is -2.69. The van der Waals surface area contributed by atoms with Crippen molar-refractivity contribution in [1.82, 2.24) is 4.98 Å². The number of hydrogen-bond acceptors (Lipinski definition) is 4. The van der Waals surface area contributed by atoms with Crippen LogP contribution in [0.1, 0.15) is 22.3 Å². The molecule has 2 aromatic rings. The van der Waals surface area contributed by atoms with Crippen LogP contribution in [0, 0.1) is 0 Å². The largest absolute Gasteiger partial charge is 0.465 e. The number of esters is 1. The maximum absolute atomic E-state index is 11.8. The van der Waals surface area contributed by atoms with Gasteiger partial charge in [-0.2, -0.15) is 0 Å². The van der Waals surface area contributed by atoms with E-state index in [1.165, 1.54) is 7.11 Å². The summed E-state index contributed by atoms with van der Waals surface area (Å²) in [5, 5.41) is 2.78. The third kappa shape index (κ3) is 4.42. The molecule has 2 rings (SSSR count). The van der Waals surface area contributed by atoms with E-state index in [1.54, 1.807) is 36.7 Å². The number of rotatable bonds is 5. The van der Waals surface area contributed by atoms with E-state index in [0.29, 0.717) is 24.1 Å². The number of pyridine rings is 1. The van der Waals surface area contributed by atoms with Gasteiger partial charge in [0.15, 0.2) is 0 Å². The van der Waals surface area contributed by atoms with Crippen LogP contribution in [0.3, 0.4) is 0 Å². The van der Waals surface area contributed by atoms with Gasteiger partial charge in [-0.1, -0.05) is 6.07 Å². The third-order valence-electron chi connectivity index (χ3n) is 2.95. The average molecular weight is 284 g/mol. The van der Waals surface area contributed by atoms with Crippen LogP contribution >= 0.6 is 0 Å². The highest BCUT2D eigenvalue weighted by Gasteiger charge is 2.06. The Morgan fingerprint density at radius 1 is 1.19 bits per heavy atom. The second kappa shape index (κ2) is 7.19. The number of methoxy groups -OCH3 is 1. The van der Waals surface area contributed by atoms with Crippen molar-refractivity contribution >= 4 is 17.6 Å². The van der Waals surface area contributed by atoms with Gasteiger partial charge >= 0.3 is 5.97 Å². The van der Waals surface area contributed by atoms with E-state index in [1.807, 2.05) is 12.1 Å². The second-order valence-corrected chi connectivity index (χ2v) is 4.48. The molecular formula is C16H16N2O3. The molecule has 21 heavy (non-hydrogen) atoms. The van der Waals surface area contributed by atoms with Crippen LogP contribution in [0.25, 0.3) is 0 Å². The zero-order chi connectivity index (χ0) is 15.1. The van der Waals surface area contributed by atoms with E-state index in [9.17, 15) is 9.59 Å². The SMILES string of the molecule is COC(=O)c1ccc(NC(=O)CCc2cccnc2)cc1. The summed E-state index contributed by atoms with van der Waals surface area (Å²) in [7, 11) is 1.33. The van der Waals surface area contributed by atoms with Gasteiger partial charge < -0.3 is 10.1 Å². The Bertz CT molecular complexity index is 609. The first-order valence-electron chi connectivity index (χ1n) is 6.56. The minimum Gasteiger partial charge on any atom is -0.465 e. The highest BCUT2D eigenvalue weighted by Crippen LogP contribution is 2.11. The number of carbonyl (C=O) groups excluding carboxylic acids is 2. The number of aryl methyl sites for hydroxylation is 1. The average Bonchev–Trinajstić information content (AvgIpc) is 2.54.